The second-order valence-electron chi connectivity index (χ2n) is 13.2. The van der Waals surface area contributed by atoms with Crippen LogP contribution in [-0.2, 0) is 4.74 Å². The summed E-state index contributed by atoms with van der Waals surface area (Å²) in [6, 6.07) is 0. The largest absolute Gasteiger partial charge is 0.357 e. The minimum atomic E-state index is -0.393. The second kappa shape index (κ2) is 7.08. The van der Waals surface area contributed by atoms with E-state index in [0.717, 1.165) is 30.1 Å². The van der Waals surface area contributed by atoms with Crippen molar-refractivity contribution >= 4 is 0 Å². The third kappa shape index (κ3) is 2.95. The lowest BCUT2D eigenvalue weighted by atomic mass is 9.46. The summed E-state index contributed by atoms with van der Waals surface area (Å²) in [6.45, 7) is 14.8. The van der Waals surface area contributed by atoms with Gasteiger partial charge in [0.05, 0.1) is 6.10 Å². The first-order valence-corrected chi connectivity index (χ1v) is 13.2. The molecule has 10 atom stereocenters. The number of hydrogen-bond acceptors (Lipinski definition) is 2. The van der Waals surface area contributed by atoms with Crippen LogP contribution in [0.1, 0.15) is 99.3 Å². The average molecular weight is 414 g/mol. The Bertz CT molecular complexity index is 713. The summed E-state index contributed by atoms with van der Waals surface area (Å²) >= 11 is 0. The first kappa shape index (κ1) is 21.5. The van der Waals surface area contributed by atoms with E-state index in [-0.39, 0.29) is 0 Å². The first-order chi connectivity index (χ1) is 14.1. The maximum atomic E-state index is 6.94. The molecule has 1 aliphatic heterocycles. The summed E-state index contributed by atoms with van der Waals surface area (Å²) in [5.74, 6) is 5.33. The van der Waals surface area contributed by atoms with Crippen LogP contribution in [0.4, 0.5) is 0 Å². The Kier molecular flexibility index (Phi) is 5.07. The van der Waals surface area contributed by atoms with Gasteiger partial charge in [0.2, 0.25) is 0 Å². The number of fused-ring (bicyclic) bond motifs is 7. The van der Waals surface area contributed by atoms with Gasteiger partial charge in [0.25, 0.3) is 0 Å². The smallest absolute Gasteiger partial charge is 0.120 e. The van der Waals surface area contributed by atoms with Crippen molar-refractivity contribution in [2.24, 2.45) is 58.0 Å². The Morgan fingerprint density at radius 1 is 1.13 bits per heavy atom. The lowest BCUT2D eigenvalue weighted by Crippen LogP contribution is -2.52. The van der Waals surface area contributed by atoms with E-state index in [1.807, 2.05) is 5.57 Å². The predicted molar refractivity (Wildman–Crippen MR) is 125 cm³/mol. The molecule has 10 unspecified atom stereocenters. The van der Waals surface area contributed by atoms with E-state index in [2.05, 4.69) is 47.6 Å². The molecule has 4 fully saturated rings. The highest BCUT2D eigenvalue weighted by molar-refractivity contribution is 5.26. The van der Waals surface area contributed by atoms with Gasteiger partial charge in [0, 0.05) is 5.92 Å². The lowest BCUT2D eigenvalue weighted by molar-refractivity contribution is -0.0829. The molecule has 0 aromatic carbocycles. The van der Waals surface area contributed by atoms with E-state index in [0.29, 0.717) is 34.7 Å². The van der Waals surface area contributed by atoms with Crippen molar-refractivity contribution in [2.75, 3.05) is 0 Å². The zero-order valence-electron chi connectivity index (χ0n) is 20.5. The molecule has 0 radical (unpaired) electrons. The molecular formula is C28H47NO. The second-order valence-corrected chi connectivity index (χ2v) is 13.2. The van der Waals surface area contributed by atoms with Crippen LogP contribution in [0.5, 0.6) is 0 Å². The molecule has 170 valence electrons. The van der Waals surface area contributed by atoms with Crippen molar-refractivity contribution in [3.63, 3.8) is 0 Å². The van der Waals surface area contributed by atoms with Crippen LogP contribution in [0, 0.1) is 52.3 Å². The molecule has 0 bridgehead atoms. The van der Waals surface area contributed by atoms with Crippen molar-refractivity contribution in [3.05, 3.63) is 11.6 Å². The minimum absolute atomic E-state index is 0.393. The minimum Gasteiger partial charge on any atom is -0.357 e. The molecule has 3 saturated carbocycles. The molecule has 0 spiro atoms. The molecule has 0 aromatic rings. The van der Waals surface area contributed by atoms with E-state index < -0.39 is 5.72 Å². The van der Waals surface area contributed by atoms with Crippen LogP contribution in [-0.4, -0.2) is 11.8 Å². The SMILES string of the molecule is CC(C)CCC1(N)OC2CC3C4CC=C5CC(C)CCC5(C)C4CCC3(C)C2C1C. The summed E-state index contributed by atoms with van der Waals surface area (Å²) in [4.78, 5) is 0. The Labute approximate surface area is 185 Å². The number of hydrogen-bond donors (Lipinski definition) is 1. The molecule has 30 heavy (non-hydrogen) atoms. The molecule has 0 amide bonds. The Morgan fingerprint density at radius 2 is 1.90 bits per heavy atom. The topological polar surface area (TPSA) is 35.2 Å². The maximum Gasteiger partial charge on any atom is 0.120 e. The van der Waals surface area contributed by atoms with Crippen molar-refractivity contribution in [3.8, 4) is 0 Å². The van der Waals surface area contributed by atoms with E-state index in [1.165, 1.54) is 51.4 Å². The number of allylic oxidation sites excluding steroid dienone is 2. The highest BCUT2D eigenvalue weighted by atomic mass is 16.5. The maximum absolute atomic E-state index is 6.94. The van der Waals surface area contributed by atoms with E-state index in [9.17, 15) is 0 Å². The van der Waals surface area contributed by atoms with Gasteiger partial charge in [-0.2, -0.15) is 0 Å². The van der Waals surface area contributed by atoms with Crippen LogP contribution < -0.4 is 5.73 Å². The lowest BCUT2D eigenvalue weighted by Gasteiger charge is -2.58. The number of nitrogens with two attached hydrogens (primary N) is 1. The predicted octanol–water partition coefficient (Wildman–Crippen LogP) is 6.94. The molecule has 2 N–H and O–H groups in total. The zero-order valence-corrected chi connectivity index (χ0v) is 20.5. The van der Waals surface area contributed by atoms with Gasteiger partial charge in [-0.25, -0.2) is 0 Å². The summed E-state index contributed by atoms with van der Waals surface area (Å²) < 4.78 is 6.78. The van der Waals surface area contributed by atoms with Gasteiger partial charge < -0.3 is 10.5 Å². The van der Waals surface area contributed by atoms with Crippen LogP contribution in [0.15, 0.2) is 11.6 Å². The monoisotopic (exact) mass is 413 g/mol. The standard InChI is InChI=1S/C28H47NO/c1-17(2)9-14-28(29)19(4)25-24(30-28)16-23-21-8-7-20-15-18(3)10-12-26(20,5)22(21)11-13-27(23,25)6/h7,17-19,21-25H,8-16,29H2,1-6H3. The van der Waals surface area contributed by atoms with Crippen molar-refractivity contribution in [2.45, 2.75) is 111 Å². The molecule has 5 rings (SSSR count). The quantitative estimate of drug-likeness (QED) is 0.509. The van der Waals surface area contributed by atoms with Gasteiger partial charge in [-0.15, -0.1) is 0 Å². The molecule has 1 heterocycles. The van der Waals surface area contributed by atoms with E-state index in [1.54, 1.807) is 0 Å². The third-order valence-electron chi connectivity index (χ3n) is 11.2. The van der Waals surface area contributed by atoms with Crippen LogP contribution in [0.3, 0.4) is 0 Å². The molecule has 1 saturated heterocycles. The van der Waals surface area contributed by atoms with Crippen LogP contribution in [0.25, 0.3) is 0 Å². The zero-order chi connectivity index (χ0) is 21.5. The molecule has 2 nitrogen and oxygen atoms in total. The highest BCUT2D eigenvalue weighted by Gasteiger charge is 2.67. The van der Waals surface area contributed by atoms with E-state index >= 15 is 0 Å². The normalized spacial score (nSPS) is 54.9. The fourth-order valence-corrected chi connectivity index (χ4v) is 9.38. The Balaban J connectivity index is 1.40. The molecule has 5 aliphatic rings. The van der Waals surface area contributed by atoms with Gasteiger partial charge in [-0.3, -0.25) is 0 Å². The van der Waals surface area contributed by atoms with Crippen molar-refractivity contribution < 1.29 is 4.74 Å². The molecule has 0 aromatic heterocycles. The Morgan fingerprint density at radius 3 is 2.63 bits per heavy atom. The molecular weight excluding hydrogens is 366 g/mol. The fourth-order valence-electron chi connectivity index (χ4n) is 9.38. The number of rotatable bonds is 3. The fraction of sp³-hybridized carbons (Fsp3) is 0.929. The van der Waals surface area contributed by atoms with Crippen molar-refractivity contribution in [1.29, 1.82) is 0 Å². The third-order valence-corrected chi connectivity index (χ3v) is 11.2. The van der Waals surface area contributed by atoms with Gasteiger partial charge in [0.15, 0.2) is 0 Å². The summed E-state index contributed by atoms with van der Waals surface area (Å²) in [5.41, 5.74) is 9.28. The summed E-state index contributed by atoms with van der Waals surface area (Å²) in [7, 11) is 0. The highest BCUT2D eigenvalue weighted by Crippen LogP contribution is 2.70. The summed E-state index contributed by atoms with van der Waals surface area (Å²) in [5, 5.41) is 0. The molecule has 4 aliphatic carbocycles. The first-order valence-electron chi connectivity index (χ1n) is 13.2. The Hall–Kier alpha value is -0.340. The molecule has 2 heteroatoms. The van der Waals surface area contributed by atoms with Crippen LogP contribution in [0.2, 0.25) is 0 Å². The summed E-state index contributed by atoms with van der Waals surface area (Å²) in [6.07, 6.45) is 14.9. The van der Waals surface area contributed by atoms with Crippen molar-refractivity contribution in [1.82, 2.24) is 0 Å². The van der Waals surface area contributed by atoms with Gasteiger partial charge in [0.1, 0.15) is 5.72 Å². The average Bonchev–Trinajstić information content (AvgIpc) is 3.11. The van der Waals surface area contributed by atoms with Gasteiger partial charge in [-0.05, 0) is 104 Å². The van der Waals surface area contributed by atoms with E-state index in [4.69, 9.17) is 10.5 Å². The van der Waals surface area contributed by atoms with Gasteiger partial charge >= 0.3 is 0 Å². The van der Waals surface area contributed by atoms with Crippen LogP contribution >= 0.6 is 0 Å². The number of ether oxygens (including phenoxy) is 1. The van der Waals surface area contributed by atoms with Gasteiger partial charge in [-0.1, -0.05) is 53.2 Å².